The van der Waals surface area contributed by atoms with Crippen LogP contribution in [0.4, 0.5) is 11.4 Å². The van der Waals surface area contributed by atoms with Crippen LogP contribution in [0.15, 0.2) is 73.1 Å². The summed E-state index contributed by atoms with van der Waals surface area (Å²) >= 11 is 0. The van der Waals surface area contributed by atoms with Gasteiger partial charge in [-0.25, -0.2) is 9.97 Å². The normalized spacial score (nSPS) is 19.6. The van der Waals surface area contributed by atoms with Crippen LogP contribution in [0.1, 0.15) is 30.7 Å². The number of phenols is 1. The van der Waals surface area contributed by atoms with Gasteiger partial charge in [0.2, 0.25) is 11.8 Å². The minimum atomic E-state index is -0.173. The van der Waals surface area contributed by atoms with Crippen LogP contribution in [0.25, 0.3) is 11.4 Å². The third-order valence-corrected chi connectivity index (χ3v) is 8.19. The summed E-state index contributed by atoms with van der Waals surface area (Å²) in [5.41, 5.74) is 3.75. The molecule has 212 valence electrons. The van der Waals surface area contributed by atoms with Crippen molar-refractivity contribution in [2.45, 2.75) is 25.2 Å². The SMILES string of the molecule is O=C(C=CC1CCN(CC(=O)N2CCN(c3ccc(-c4ncccn4)cc3)CC2)C1)Nc1ccc(O)c(C2CC2)c1. The number of piperazine rings is 1. The molecule has 6 rings (SSSR count). The smallest absolute Gasteiger partial charge is 0.248 e. The summed E-state index contributed by atoms with van der Waals surface area (Å²) in [5, 5.41) is 12.9. The summed E-state index contributed by atoms with van der Waals surface area (Å²) in [4.78, 5) is 40.6. The first-order valence-electron chi connectivity index (χ1n) is 14.5. The zero-order valence-corrected chi connectivity index (χ0v) is 23.2. The topological polar surface area (TPSA) is 102 Å². The molecule has 2 aliphatic heterocycles. The van der Waals surface area contributed by atoms with Crippen molar-refractivity contribution < 1.29 is 14.7 Å². The first-order valence-corrected chi connectivity index (χ1v) is 14.5. The van der Waals surface area contributed by atoms with Crippen LogP contribution in [0.2, 0.25) is 0 Å². The molecule has 1 saturated carbocycles. The number of nitrogens with zero attached hydrogens (tertiary/aromatic N) is 5. The predicted molar refractivity (Wildman–Crippen MR) is 159 cm³/mol. The van der Waals surface area contributed by atoms with Gasteiger partial charge < -0.3 is 20.2 Å². The zero-order chi connectivity index (χ0) is 28.2. The molecule has 1 aliphatic carbocycles. The second kappa shape index (κ2) is 12.1. The number of phenolic OH excluding ortho intramolecular Hbond substituents is 1. The molecule has 0 spiro atoms. The zero-order valence-electron chi connectivity index (χ0n) is 23.2. The molecule has 3 aliphatic rings. The predicted octanol–water partition coefficient (Wildman–Crippen LogP) is 3.89. The van der Waals surface area contributed by atoms with Crippen LogP contribution in [-0.2, 0) is 9.59 Å². The highest BCUT2D eigenvalue weighted by Gasteiger charge is 2.28. The number of rotatable bonds is 8. The lowest BCUT2D eigenvalue weighted by Crippen LogP contribution is -2.51. The Balaban J connectivity index is 0.931. The van der Waals surface area contributed by atoms with E-state index in [1.54, 1.807) is 30.6 Å². The van der Waals surface area contributed by atoms with E-state index in [0.29, 0.717) is 42.8 Å². The standard InChI is InChI=1S/C32H36N6O3/c39-29-10-7-26(20-28(29)24-3-4-24)35-30(40)11-2-23-12-15-36(21-23)22-31(41)38-18-16-37(17-19-38)27-8-5-25(6-9-27)32-33-13-1-14-34-32/h1-2,5-11,13-14,20,23-24,39H,3-4,12,15-19,21-22H2,(H,35,40). The van der Waals surface area contributed by atoms with Gasteiger partial charge in [-0.1, -0.05) is 6.08 Å². The number of hydrogen-bond acceptors (Lipinski definition) is 7. The van der Waals surface area contributed by atoms with Gasteiger partial charge >= 0.3 is 0 Å². The average molecular weight is 553 g/mol. The van der Waals surface area contributed by atoms with Crippen molar-refractivity contribution >= 4 is 23.2 Å². The summed E-state index contributed by atoms with van der Waals surface area (Å²) in [5.74, 6) is 1.67. The van der Waals surface area contributed by atoms with E-state index in [-0.39, 0.29) is 17.7 Å². The second-order valence-electron chi connectivity index (χ2n) is 11.2. The Hall–Kier alpha value is -4.24. The molecule has 1 atom stereocenters. The molecule has 9 nitrogen and oxygen atoms in total. The molecule has 2 amide bonds. The quantitative estimate of drug-likeness (QED) is 0.323. The highest BCUT2D eigenvalue weighted by atomic mass is 16.3. The molecule has 3 heterocycles. The van der Waals surface area contributed by atoms with Crippen LogP contribution in [-0.4, -0.2) is 82.5 Å². The van der Waals surface area contributed by atoms with Gasteiger partial charge in [0.05, 0.1) is 6.54 Å². The lowest BCUT2D eigenvalue weighted by atomic mass is 10.1. The summed E-state index contributed by atoms with van der Waals surface area (Å²) in [6.07, 6.45) is 10.1. The lowest BCUT2D eigenvalue weighted by Gasteiger charge is -2.36. The van der Waals surface area contributed by atoms with Crippen LogP contribution in [0, 0.1) is 5.92 Å². The molecule has 2 saturated heterocycles. The van der Waals surface area contributed by atoms with E-state index in [0.717, 1.165) is 62.3 Å². The number of benzene rings is 2. The maximum Gasteiger partial charge on any atom is 0.248 e. The minimum absolute atomic E-state index is 0.169. The number of hydrogen-bond donors (Lipinski definition) is 2. The molecule has 3 aromatic rings. The molecule has 41 heavy (non-hydrogen) atoms. The van der Waals surface area contributed by atoms with Gasteiger partial charge in [-0.15, -0.1) is 0 Å². The lowest BCUT2D eigenvalue weighted by molar-refractivity contribution is -0.132. The molecule has 1 unspecified atom stereocenters. The van der Waals surface area contributed by atoms with Gasteiger partial charge in [-0.05, 0) is 97.8 Å². The van der Waals surface area contributed by atoms with Crippen molar-refractivity contribution in [3.8, 4) is 17.1 Å². The molecule has 0 radical (unpaired) electrons. The Bertz CT molecular complexity index is 1400. The van der Waals surface area contributed by atoms with Gasteiger partial charge in [0.25, 0.3) is 0 Å². The van der Waals surface area contributed by atoms with E-state index < -0.39 is 0 Å². The molecule has 3 fully saturated rings. The van der Waals surface area contributed by atoms with Gasteiger partial charge in [0, 0.05) is 62.1 Å². The molecule has 1 aromatic heterocycles. The fourth-order valence-corrected chi connectivity index (χ4v) is 5.70. The highest BCUT2D eigenvalue weighted by molar-refractivity contribution is 5.99. The van der Waals surface area contributed by atoms with E-state index in [1.807, 2.05) is 35.2 Å². The third-order valence-electron chi connectivity index (χ3n) is 8.19. The molecule has 2 aromatic carbocycles. The number of carbonyl (C=O) groups is 2. The van der Waals surface area contributed by atoms with Crippen LogP contribution >= 0.6 is 0 Å². The first-order chi connectivity index (χ1) is 20.0. The molecule has 9 heteroatoms. The number of nitrogens with one attached hydrogen (secondary N) is 1. The molecule has 0 bridgehead atoms. The maximum atomic E-state index is 13.0. The number of likely N-dealkylation sites (tertiary alicyclic amines) is 1. The summed E-state index contributed by atoms with van der Waals surface area (Å²) in [7, 11) is 0. The average Bonchev–Trinajstić information content (AvgIpc) is 3.76. The third kappa shape index (κ3) is 6.74. The number of aromatic nitrogens is 2. The van der Waals surface area contributed by atoms with Crippen LogP contribution in [0.3, 0.4) is 0 Å². The summed E-state index contributed by atoms with van der Waals surface area (Å²) in [6, 6.07) is 15.3. The Morgan fingerprint density at radius 2 is 1.71 bits per heavy atom. The van der Waals surface area contributed by atoms with Crippen molar-refractivity contribution in [3.05, 3.63) is 78.6 Å². The highest BCUT2D eigenvalue weighted by Crippen LogP contribution is 2.44. The Labute approximate surface area is 240 Å². The fraction of sp³-hybridized carbons (Fsp3) is 0.375. The number of amides is 2. The Morgan fingerprint density at radius 1 is 0.951 bits per heavy atom. The van der Waals surface area contributed by atoms with E-state index in [1.165, 1.54) is 0 Å². The fourth-order valence-electron chi connectivity index (χ4n) is 5.70. The van der Waals surface area contributed by atoms with E-state index in [2.05, 4.69) is 37.2 Å². The van der Waals surface area contributed by atoms with Crippen molar-refractivity contribution in [3.63, 3.8) is 0 Å². The minimum Gasteiger partial charge on any atom is -0.508 e. The van der Waals surface area contributed by atoms with E-state index in [4.69, 9.17) is 0 Å². The van der Waals surface area contributed by atoms with Gasteiger partial charge in [0.15, 0.2) is 5.82 Å². The summed E-state index contributed by atoms with van der Waals surface area (Å²) < 4.78 is 0. The Morgan fingerprint density at radius 3 is 2.44 bits per heavy atom. The number of anilines is 2. The number of carbonyl (C=O) groups excluding carboxylic acids is 2. The summed E-state index contributed by atoms with van der Waals surface area (Å²) in [6.45, 7) is 5.06. The van der Waals surface area contributed by atoms with E-state index >= 15 is 0 Å². The molecule has 2 N–H and O–H groups in total. The van der Waals surface area contributed by atoms with Gasteiger partial charge in [-0.3, -0.25) is 14.5 Å². The monoisotopic (exact) mass is 552 g/mol. The van der Waals surface area contributed by atoms with Gasteiger partial charge in [0.1, 0.15) is 5.75 Å². The molecular weight excluding hydrogens is 516 g/mol. The maximum absolute atomic E-state index is 13.0. The van der Waals surface area contributed by atoms with Crippen LogP contribution < -0.4 is 10.2 Å². The van der Waals surface area contributed by atoms with E-state index in [9.17, 15) is 14.7 Å². The van der Waals surface area contributed by atoms with Crippen molar-refractivity contribution in [1.29, 1.82) is 0 Å². The second-order valence-corrected chi connectivity index (χ2v) is 11.2. The first kappa shape index (κ1) is 27.0. The largest absolute Gasteiger partial charge is 0.508 e. The Kier molecular flexibility index (Phi) is 7.95. The van der Waals surface area contributed by atoms with Crippen molar-refractivity contribution in [1.82, 2.24) is 19.8 Å². The number of aromatic hydroxyl groups is 1. The van der Waals surface area contributed by atoms with Crippen molar-refractivity contribution in [2.75, 3.05) is 56.0 Å². The van der Waals surface area contributed by atoms with Gasteiger partial charge in [-0.2, -0.15) is 0 Å². The van der Waals surface area contributed by atoms with Crippen LogP contribution in [0.5, 0.6) is 5.75 Å². The van der Waals surface area contributed by atoms with Crippen molar-refractivity contribution in [2.24, 2.45) is 5.92 Å². The molecular formula is C32H36N6O3.